The first-order valence-electron chi connectivity index (χ1n) is 10.5. The molecule has 1 aliphatic carbocycles. The van der Waals surface area contributed by atoms with Gasteiger partial charge in [-0.3, -0.25) is 9.89 Å². The van der Waals surface area contributed by atoms with Crippen LogP contribution >= 0.6 is 0 Å². The molecular weight excluding hydrogens is 344 g/mol. The van der Waals surface area contributed by atoms with E-state index >= 15 is 0 Å². The first kappa shape index (κ1) is 19.0. The summed E-state index contributed by atoms with van der Waals surface area (Å²) < 4.78 is 0. The van der Waals surface area contributed by atoms with Crippen molar-refractivity contribution in [3.63, 3.8) is 0 Å². The van der Waals surface area contributed by atoms with Crippen molar-refractivity contribution in [2.75, 3.05) is 20.1 Å². The Kier molecular flexibility index (Phi) is 5.96. The van der Waals surface area contributed by atoms with Gasteiger partial charge in [0, 0.05) is 44.7 Å². The van der Waals surface area contributed by atoms with Gasteiger partial charge in [-0.15, -0.1) is 0 Å². The van der Waals surface area contributed by atoms with E-state index < -0.39 is 0 Å². The number of guanidine groups is 1. The highest BCUT2D eigenvalue weighted by molar-refractivity contribution is 5.80. The van der Waals surface area contributed by atoms with Crippen LogP contribution < -0.4 is 10.6 Å². The molecule has 0 amide bonds. The highest BCUT2D eigenvalue weighted by Crippen LogP contribution is 2.40. The third-order valence-electron chi connectivity index (χ3n) is 5.98. The zero-order chi connectivity index (χ0) is 19.3. The second-order valence-corrected chi connectivity index (χ2v) is 8.26. The van der Waals surface area contributed by atoms with Gasteiger partial charge in [-0.2, -0.15) is 0 Å². The predicted octanol–water partition coefficient (Wildman–Crippen LogP) is 3.68. The topological polar surface area (TPSA) is 39.7 Å². The maximum atomic E-state index is 4.47. The third kappa shape index (κ3) is 4.93. The number of hydrogen-bond donors (Lipinski definition) is 2. The molecule has 0 bridgehead atoms. The lowest BCUT2D eigenvalue weighted by atomic mass is 10.0. The van der Waals surface area contributed by atoms with E-state index in [1.807, 2.05) is 7.05 Å². The van der Waals surface area contributed by atoms with Crippen LogP contribution in [0.5, 0.6) is 0 Å². The number of nitrogens with one attached hydrogen (secondary N) is 2. The zero-order valence-electron chi connectivity index (χ0n) is 17.1. The van der Waals surface area contributed by atoms with Crippen molar-refractivity contribution in [3.8, 4) is 0 Å². The molecule has 1 aliphatic heterocycles. The lowest BCUT2D eigenvalue weighted by Crippen LogP contribution is -2.49. The van der Waals surface area contributed by atoms with E-state index in [2.05, 4.69) is 82.0 Å². The summed E-state index contributed by atoms with van der Waals surface area (Å²) in [6, 6.07) is 20.7. The average Bonchev–Trinajstić information content (AvgIpc) is 3.49. The van der Waals surface area contributed by atoms with E-state index in [9.17, 15) is 0 Å². The molecule has 0 radical (unpaired) electrons. The summed E-state index contributed by atoms with van der Waals surface area (Å²) in [5.74, 6) is 1.58. The molecule has 2 fully saturated rings. The summed E-state index contributed by atoms with van der Waals surface area (Å²) in [6.45, 7) is 5.50. The summed E-state index contributed by atoms with van der Waals surface area (Å²) in [4.78, 5) is 7.03. The number of nitrogens with zero attached hydrogens (tertiary/aromatic N) is 2. The molecule has 2 unspecified atom stereocenters. The minimum atomic E-state index is 0.508. The second-order valence-electron chi connectivity index (χ2n) is 8.26. The van der Waals surface area contributed by atoms with Crippen molar-refractivity contribution in [1.29, 1.82) is 0 Å². The first-order valence-corrected chi connectivity index (χ1v) is 10.5. The van der Waals surface area contributed by atoms with E-state index in [0.29, 0.717) is 18.0 Å². The summed E-state index contributed by atoms with van der Waals surface area (Å²) >= 11 is 0. The van der Waals surface area contributed by atoms with E-state index in [-0.39, 0.29) is 0 Å². The van der Waals surface area contributed by atoms with Crippen molar-refractivity contribution in [1.82, 2.24) is 15.5 Å². The third-order valence-corrected chi connectivity index (χ3v) is 5.98. The molecule has 0 aromatic heterocycles. The Hall–Kier alpha value is -2.33. The molecule has 4 heteroatoms. The Morgan fingerprint density at radius 1 is 1.04 bits per heavy atom. The number of aryl methyl sites for hydroxylation is 1. The smallest absolute Gasteiger partial charge is 0.191 e. The van der Waals surface area contributed by atoms with Gasteiger partial charge in [0.05, 0.1) is 0 Å². The normalized spacial score (nSPS) is 23.4. The molecule has 2 aromatic carbocycles. The molecule has 2 N–H and O–H groups in total. The van der Waals surface area contributed by atoms with Crippen molar-refractivity contribution in [3.05, 3.63) is 71.3 Å². The van der Waals surface area contributed by atoms with Crippen LogP contribution in [0.4, 0.5) is 0 Å². The number of aliphatic imine (C=N–C) groups is 1. The van der Waals surface area contributed by atoms with Gasteiger partial charge in [-0.1, -0.05) is 60.2 Å². The fraction of sp³-hybridized carbons (Fsp3) is 0.458. The highest BCUT2D eigenvalue weighted by Gasteiger charge is 2.39. The zero-order valence-corrected chi connectivity index (χ0v) is 17.1. The van der Waals surface area contributed by atoms with E-state index in [1.165, 1.54) is 36.0 Å². The number of piperidine rings is 1. The maximum absolute atomic E-state index is 4.47. The molecule has 1 heterocycles. The molecule has 2 aliphatic rings. The van der Waals surface area contributed by atoms with Gasteiger partial charge >= 0.3 is 0 Å². The van der Waals surface area contributed by atoms with Crippen molar-refractivity contribution >= 4 is 5.96 Å². The lowest BCUT2D eigenvalue weighted by molar-refractivity contribution is 0.198. The molecular formula is C24H32N4. The van der Waals surface area contributed by atoms with Gasteiger partial charge in [0.15, 0.2) is 5.96 Å². The monoisotopic (exact) mass is 376 g/mol. The summed E-state index contributed by atoms with van der Waals surface area (Å²) in [5.41, 5.74) is 4.20. The largest absolute Gasteiger partial charge is 0.354 e. The van der Waals surface area contributed by atoms with Gasteiger partial charge in [0.2, 0.25) is 0 Å². The van der Waals surface area contributed by atoms with Crippen molar-refractivity contribution in [2.45, 2.75) is 50.7 Å². The molecule has 28 heavy (non-hydrogen) atoms. The van der Waals surface area contributed by atoms with Gasteiger partial charge in [0.1, 0.15) is 0 Å². The Balaban J connectivity index is 1.22. The predicted molar refractivity (Wildman–Crippen MR) is 117 cm³/mol. The second kappa shape index (κ2) is 8.78. The number of hydrogen-bond acceptors (Lipinski definition) is 2. The fourth-order valence-corrected chi connectivity index (χ4v) is 4.27. The summed E-state index contributed by atoms with van der Waals surface area (Å²) in [7, 11) is 1.88. The fourth-order valence-electron chi connectivity index (χ4n) is 4.27. The molecule has 4 rings (SSSR count). The van der Waals surface area contributed by atoms with Crippen LogP contribution in [-0.4, -0.2) is 43.1 Å². The van der Waals surface area contributed by atoms with Crippen LogP contribution in [0.15, 0.2) is 59.6 Å². The molecule has 1 saturated carbocycles. The van der Waals surface area contributed by atoms with Crippen LogP contribution in [-0.2, 0) is 6.54 Å². The Labute approximate surface area is 169 Å². The highest BCUT2D eigenvalue weighted by atomic mass is 15.2. The molecule has 2 atom stereocenters. The molecule has 0 spiro atoms. The van der Waals surface area contributed by atoms with Crippen LogP contribution in [0, 0.1) is 6.92 Å². The maximum Gasteiger partial charge on any atom is 0.191 e. The van der Waals surface area contributed by atoms with Crippen molar-refractivity contribution in [2.24, 2.45) is 4.99 Å². The number of likely N-dealkylation sites (tertiary alicyclic amines) is 1. The molecule has 2 aromatic rings. The average molecular weight is 377 g/mol. The molecule has 1 saturated heterocycles. The Morgan fingerprint density at radius 2 is 1.82 bits per heavy atom. The number of rotatable bonds is 5. The van der Waals surface area contributed by atoms with Crippen molar-refractivity contribution < 1.29 is 0 Å². The van der Waals surface area contributed by atoms with Gasteiger partial charge < -0.3 is 10.6 Å². The van der Waals surface area contributed by atoms with Crippen LogP contribution in [0.2, 0.25) is 0 Å². The van der Waals surface area contributed by atoms with Crippen LogP contribution in [0.25, 0.3) is 0 Å². The van der Waals surface area contributed by atoms with E-state index in [4.69, 9.17) is 0 Å². The minimum Gasteiger partial charge on any atom is -0.354 e. The summed E-state index contributed by atoms with van der Waals surface area (Å²) in [5, 5.41) is 7.27. The minimum absolute atomic E-state index is 0.508. The lowest BCUT2D eigenvalue weighted by Gasteiger charge is -2.33. The standard InChI is InChI=1S/C24H32N4/c1-18-7-6-8-19(15-18)17-28-13-11-21(12-14-28)26-24(25-2)27-23-16-22(23)20-9-4-3-5-10-20/h3-10,15,21-23H,11-14,16-17H2,1-2H3,(H2,25,26,27). The molecule has 4 nitrogen and oxygen atoms in total. The van der Waals surface area contributed by atoms with Gasteiger partial charge in [-0.05, 0) is 37.3 Å². The first-order chi connectivity index (χ1) is 13.7. The SMILES string of the molecule is CN=C(NC1CCN(Cc2cccc(C)c2)CC1)NC1CC1c1ccccc1. The quantitative estimate of drug-likeness (QED) is 0.618. The Morgan fingerprint density at radius 3 is 2.54 bits per heavy atom. The Bertz CT molecular complexity index is 793. The summed E-state index contributed by atoms with van der Waals surface area (Å²) in [6.07, 6.45) is 3.53. The van der Waals surface area contributed by atoms with Gasteiger partial charge in [-0.25, -0.2) is 0 Å². The van der Waals surface area contributed by atoms with E-state index in [1.54, 1.807) is 0 Å². The van der Waals surface area contributed by atoms with Gasteiger partial charge in [0.25, 0.3) is 0 Å². The number of benzene rings is 2. The van der Waals surface area contributed by atoms with Crippen LogP contribution in [0.3, 0.4) is 0 Å². The van der Waals surface area contributed by atoms with Crippen LogP contribution in [0.1, 0.15) is 41.9 Å². The van der Waals surface area contributed by atoms with E-state index in [0.717, 1.165) is 25.6 Å². The molecule has 148 valence electrons.